The fourth-order valence-corrected chi connectivity index (χ4v) is 2.91. The van der Waals surface area contributed by atoms with Gasteiger partial charge in [0.15, 0.2) is 0 Å². The normalized spacial score (nSPS) is 13.5. The molecule has 0 atom stereocenters. The Balaban J connectivity index is 0.00000128. The Kier molecular flexibility index (Phi) is 7.04. The molecule has 0 bridgehead atoms. The van der Waals surface area contributed by atoms with Crippen LogP contribution >= 0.6 is 36.2 Å². The second-order valence-electron chi connectivity index (χ2n) is 3.55. The molecule has 0 spiro atoms. The quantitative estimate of drug-likeness (QED) is 0.862. The smallest absolute Gasteiger partial charge is 0.348 e. The molecule has 7 heteroatoms. The topological polar surface area (TPSA) is 55.6 Å². The van der Waals surface area contributed by atoms with Gasteiger partial charge in [-0.3, -0.25) is 4.90 Å². The van der Waals surface area contributed by atoms with Crippen molar-refractivity contribution in [2.24, 2.45) is 5.73 Å². The van der Waals surface area contributed by atoms with E-state index >= 15 is 0 Å². The van der Waals surface area contributed by atoms with E-state index in [1.165, 1.54) is 28.9 Å². The third-order valence-electron chi connectivity index (χ3n) is 2.49. The summed E-state index contributed by atoms with van der Waals surface area (Å²) in [6.07, 6.45) is 0. The highest BCUT2D eigenvalue weighted by atomic mass is 35.5. The highest BCUT2D eigenvalue weighted by Gasteiger charge is 2.23. The first-order chi connectivity index (χ1) is 7.24. The van der Waals surface area contributed by atoms with Crippen molar-refractivity contribution in [3.05, 3.63) is 21.4 Å². The van der Waals surface area contributed by atoms with Crippen molar-refractivity contribution in [1.29, 1.82) is 0 Å². The van der Waals surface area contributed by atoms with Crippen LogP contribution in [-0.2, 0) is 17.8 Å². The van der Waals surface area contributed by atoms with Crippen molar-refractivity contribution >= 4 is 42.1 Å². The van der Waals surface area contributed by atoms with Gasteiger partial charge in [-0.05, 0) is 11.6 Å². The lowest BCUT2D eigenvalue weighted by Crippen LogP contribution is -2.24. The van der Waals surface area contributed by atoms with Crippen molar-refractivity contribution in [1.82, 2.24) is 4.90 Å². The van der Waals surface area contributed by atoms with Gasteiger partial charge >= 0.3 is 5.97 Å². The number of nitrogens with zero attached hydrogens (tertiary/aromatic N) is 1. The van der Waals surface area contributed by atoms with Crippen molar-refractivity contribution < 1.29 is 9.53 Å². The fraction of sp³-hybridized carbons (Fsp3) is 0.500. The molecule has 0 amide bonds. The maximum absolute atomic E-state index is 11.3. The molecule has 2 heterocycles. The van der Waals surface area contributed by atoms with Crippen LogP contribution in [0.2, 0.25) is 0 Å². The molecule has 98 valence electrons. The van der Waals surface area contributed by atoms with E-state index in [-0.39, 0.29) is 30.8 Å². The number of carbonyl (C=O) groups is 1. The van der Waals surface area contributed by atoms with Gasteiger partial charge in [0.2, 0.25) is 0 Å². The van der Waals surface area contributed by atoms with Gasteiger partial charge in [0.1, 0.15) is 4.88 Å². The van der Waals surface area contributed by atoms with Gasteiger partial charge in [0, 0.05) is 31.1 Å². The van der Waals surface area contributed by atoms with E-state index in [9.17, 15) is 4.79 Å². The highest BCUT2D eigenvalue weighted by molar-refractivity contribution is 7.14. The summed E-state index contributed by atoms with van der Waals surface area (Å²) in [7, 11) is 1.41. The predicted molar refractivity (Wildman–Crippen MR) is 73.3 cm³/mol. The first-order valence-electron chi connectivity index (χ1n) is 4.87. The highest BCUT2D eigenvalue weighted by Crippen LogP contribution is 2.30. The number of nitrogens with two attached hydrogens (primary N) is 1. The summed E-state index contributed by atoms with van der Waals surface area (Å²) in [4.78, 5) is 15.5. The van der Waals surface area contributed by atoms with Gasteiger partial charge in [-0.2, -0.15) is 0 Å². The van der Waals surface area contributed by atoms with Crippen molar-refractivity contribution in [2.75, 3.05) is 20.2 Å². The zero-order valence-electron chi connectivity index (χ0n) is 9.47. The number of halogens is 2. The summed E-state index contributed by atoms with van der Waals surface area (Å²) in [6.45, 7) is 3.40. The van der Waals surface area contributed by atoms with Gasteiger partial charge in [0.05, 0.1) is 7.11 Å². The Hall–Kier alpha value is -0.330. The molecule has 0 unspecified atom stereocenters. The first-order valence-corrected chi connectivity index (χ1v) is 5.68. The summed E-state index contributed by atoms with van der Waals surface area (Å²) >= 11 is 1.53. The van der Waals surface area contributed by atoms with E-state index < -0.39 is 0 Å². The first kappa shape index (κ1) is 16.7. The molecule has 2 rings (SSSR count). The third kappa shape index (κ3) is 3.56. The summed E-state index contributed by atoms with van der Waals surface area (Å²) in [5.41, 5.74) is 6.74. The maximum Gasteiger partial charge on any atom is 0.348 e. The van der Waals surface area contributed by atoms with Crippen LogP contribution in [0.15, 0.2) is 6.07 Å². The lowest BCUT2D eigenvalue weighted by Gasteiger charge is -2.12. The molecular weight excluding hydrogens is 283 g/mol. The van der Waals surface area contributed by atoms with Crippen LogP contribution in [0, 0.1) is 0 Å². The van der Waals surface area contributed by atoms with Gasteiger partial charge in [-0.1, -0.05) is 0 Å². The Bertz CT molecular complexity index is 361. The second kappa shape index (κ2) is 7.18. The molecular formula is C10H16Cl2N2O2S. The maximum atomic E-state index is 11.3. The Labute approximate surface area is 117 Å². The number of ether oxygens (including phenoxy) is 1. The number of fused-ring (bicyclic) bond motifs is 1. The van der Waals surface area contributed by atoms with E-state index in [0.29, 0.717) is 11.4 Å². The SMILES string of the molecule is COC(=O)c1cc2c(s1)CN(CCN)C2.Cl.Cl. The third-order valence-corrected chi connectivity index (χ3v) is 3.63. The number of hydrogen-bond donors (Lipinski definition) is 1. The lowest BCUT2D eigenvalue weighted by molar-refractivity contribution is 0.0606. The van der Waals surface area contributed by atoms with E-state index in [1.54, 1.807) is 0 Å². The summed E-state index contributed by atoms with van der Waals surface area (Å²) < 4.78 is 4.69. The molecule has 0 fully saturated rings. The van der Waals surface area contributed by atoms with Gasteiger partial charge in [-0.25, -0.2) is 4.79 Å². The van der Waals surface area contributed by atoms with Gasteiger partial charge in [0.25, 0.3) is 0 Å². The van der Waals surface area contributed by atoms with Crippen molar-refractivity contribution in [3.8, 4) is 0 Å². The molecule has 0 aliphatic carbocycles. The number of esters is 1. The molecule has 1 aromatic rings. The number of rotatable bonds is 3. The van der Waals surface area contributed by atoms with E-state index in [4.69, 9.17) is 5.73 Å². The largest absolute Gasteiger partial charge is 0.465 e. The van der Waals surface area contributed by atoms with Crippen LogP contribution in [0.1, 0.15) is 20.1 Å². The van der Waals surface area contributed by atoms with Crippen LogP contribution < -0.4 is 5.73 Å². The zero-order chi connectivity index (χ0) is 10.8. The Morgan fingerprint density at radius 2 is 2.24 bits per heavy atom. The van der Waals surface area contributed by atoms with Crippen LogP contribution in [0.5, 0.6) is 0 Å². The molecule has 4 nitrogen and oxygen atoms in total. The monoisotopic (exact) mass is 298 g/mol. The fourth-order valence-electron chi connectivity index (χ4n) is 1.78. The van der Waals surface area contributed by atoms with Gasteiger partial charge < -0.3 is 10.5 Å². The molecule has 0 saturated carbocycles. The number of carbonyl (C=O) groups excluding carboxylic acids is 1. The van der Waals surface area contributed by atoms with Gasteiger partial charge in [-0.15, -0.1) is 36.2 Å². The standard InChI is InChI=1S/C10H14N2O2S.2ClH/c1-14-10(13)8-4-7-5-12(3-2-11)6-9(7)15-8;;/h4H,2-3,5-6,11H2,1H3;2*1H. The summed E-state index contributed by atoms with van der Waals surface area (Å²) in [6, 6.07) is 1.93. The van der Waals surface area contributed by atoms with Crippen LogP contribution in [0.25, 0.3) is 0 Å². The average Bonchev–Trinajstić information content (AvgIpc) is 2.74. The molecule has 17 heavy (non-hydrogen) atoms. The summed E-state index contributed by atoms with van der Waals surface area (Å²) in [5, 5.41) is 0. The Morgan fingerprint density at radius 3 is 2.76 bits per heavy atom. The molecule has 1 aliphatic rings. The molecule has 0 saturated heterocycles. The minimum Gasteiger partial charge on any atom is -0.465 e. The minimum absolute atomic E-state index is 0. The van der Waals surface area contributed by atoms with Crippen LogP contribution in [0.4, 0.5) is 0 Å². The second-order valence-corrected chi connectivity index (χ2v) is 4.69. The number of hydrogen-bond acceptors (Lipinski definition) is 5. The van der Waals surface area contributed by atoms with Crippen LogP contribution in [0.3, 0.4) is 0 Å². The van der Waals surface area contributed by atoms with E-state index in [1.807, 2.05) is 6.07 Å². The molecule has 0 aromatic carbocycles. The van der Waals surface area contributed by atoms with Crippen molar-refractivity contribution in [2.45, 2.75) is 13.1 Å². The number of thiophene rings is 1. The molecule has 1 aromatic heterocycles. The lowest BCUT2D eigenvalue weighted by atomic mass is 10.3. The predicted octanol–water partition coefficient (Wildman–Crippen LogP) is 1.65. The summed E-state index contributed by atoms with van der Waals surface area (Å²) in [5.74, 6) is -0.236. The Morgan fingerprint density at radius 1 is 1.53 bits per heavy atom. The zero-order valence-corrected chi connectivity index (χ0v) is 11.9. The number of methoxy groups -OCH3 is 1. The average molecular weight is 299 g/mol. The van der Waals surface area contributed by atoms with Crippen LogP contribution in [-0.4, -0.2) is 31.1 Å². The van der Waals surface area contributed by atoms with E-state index in [2.05, 4.69) is 9.64 Å². The molecule has 1 aliphatic heterocycles. The van der Waals surface area contributed by atoms with E-state index in [0.717, 1.165) is 19.6 Å². The molecule has 2 N–H and O–H groups in total. The molecule has 0 radical (unpaired) electrons. The minimum atomic E-state index is -0.236. The van der Waals surface area contributed by atoms with Crippen molar-refractivity contribution in [3.63, 3.8) is 0 Å².